The van der Waals surface area contributed by atoms with Gasteiger partial charge in [-0.25, -0.2) is 4.79 Å². The third-order valence-corrected chi connectivity index (χ3v) is 3.09. The molecule has 0 bridgehead atoms. The molecule has 0 aliphatic heterocycles. The number of carbonyl (C=O) groups is 2. The van der Waals surface area contributed by atoms with Gasteiger partial charge in [-0.2, -0.15) is 0 Å². The van der Waals surface area contributed by atoms with E-state index in [0.717, 1.165) is 9.99 Å². The maximum atomic E-state index is 11.7. The van der Waals surface area contributed by atoms with Gasteiger partial charge in [-0.3, -0.25) is 4.79 Å². The van der Waals surface area contributed by atoms with Gasteiger partial charge < -0.3 is 10.1 Å². The van der Waals surface area contributed by atoms with Crippen LogP contribution in [0.25, 0.3) is 0 Å². The highest BCUT2D eigenvalue weighted by atomic mass is 127. The minimum Gasteiger partial charge on any atom is -0.452 e. The quantitative estimate of drug-likeness (QED) is 0.647. The van der Waals surface area contributed by atoms with Crippen LogP contribution in [0.5, 0.6) is 0 Å². The van der Waals surface area contributed by atoms with E-state index in [1.165, 1.54) is 0 Å². The van der Waals surface area contributed by atoms with Gasteiger partial charge in [0.2, 0.25) is 0 Å². The SMILES string of the molecule is CC[C@@H](C)NC(=O)COC(=O)c1cccc(I)c1. The zero-order chi connectivity index (χ0) is 13.5. The van der Waals surface area contributed by atoms with Crippen molar-refractivity contribution >= 4 is 34.5 Å². The molecule has 18 heavy (non-hydrogen) atoms. The van der Waals surface area contributed by atoms with Gasteiger partial charge >= 0.3 is 5.97 Å². The molecule has 1 rings (SSSR count). The minimum atomic E-state index is -0.479. The van der Waals surface area contributed by atoms with Crippen molar-refractivity contribution in [2.75, 3.05) is 6.61 Å². The fourth-order valence-electron chi connectivity index (χ4n) is 1.25. The van der Waals surface area contributed by atoms with E-state index in [-0.39, 0.29) is 18.6 Å². The number of halogens is 1. The summed E-state index contributed by atoms with van der Waals surface area (Å²) in [6.45, 7) is 3.64. The Labute approximate surface area is 120 Å². The predicted octanol–water partition coefficient (Wildman–Crippen LogP) is 2.36. The second kappa shape index (κ2) is 7.35. The van der Waals surface area contributed by atoms with Gasteiger partial charge in [0.1, 0.15) is 0 Å². The van der Waals surface area contributed by atoms with Gasteiger partial charge in [-0.1, -0.05) is 13.0 Å². The van der Waals surface area contributed by atoms with E-state index in [0.29, 0.717) is 5.56 Å². The molecule has 1 aromatic rings. The van der Waals surface area contributed by atoms with Crippen molar-refractivity contribution in [3.8, 4) is 0 Å². The molecule has 1 N–H and O–H groups in total. The average molecular weight is 361 g/mol. The lowest BCUT2D eigenvalue weighted by Crippen LogP contribution is -2.35. The van der Waals surface area contributed by atoms with Crippen LogP contribution < -0.4 is 5.32 Å². The highest BCUT2D eigenvalue weighted by molar-refractivity contribution is 14.1. The van der Waals surface area contributed by atoms with Gasteiger partial charge in [-0.15, -0.1) is 0 Å². The summed E-state index contributed by atoms with van der Waals surface area (Å²) in [4.78, 5) is 23.1. The Hall–Kier alpha value is -1.11. The number of hydrogen-bond acceptors (Lipinski definition) is 3. The smallest absolute Gasteiger partial charge is 0.338 e. The Morgan fingerprint density at radius 3 is 2.78 bits per heavy atom. The summed E-state index contributed by atoms with van der Waals surface area (Å²) in [5, 5.41) is 2.73. The molecule has 0 heterocycles. The largest absolute Gasteiger partial charge is 0.452 e. The van der Waals surface area contributed by atoms with E-state index < -0.39 is 5.97 Å². The van der Waals surface area contributed by atoms with Crippen LogP contribution in [0.2, 0.25) is 0 Å². The van der Waals surface area contributed by atoms with Crippen molar-refractivity contribution in [1.82, 2.24) is 5.32 Å². The minimum absolute atomic E-state index is 0.0916. The van der Waals surface area contributed by atoms with Gasteiger partial charge in [0.15, 0.2) is 6.61 Å². The fraction of sp³-hybridized carbons (Fsp3) is 0.385. The molecule has 5 heteroatoms. The third-order valence-electron chi connectivity index (χ3n) is 2.41. The molecule has 4 nitrogen and oxygen atoms in total. The summed E-state index contributed by atoms with van der Waals surface area (Å²) in [7, 11) is 0. The van der Waals surface area contributed by atoms with Crippen molar-refractivity contribution < 1.29 is 14.3 Å². The second-order valence-electron chi connectivity index (χ2n) is 3.96. The second-order valence-corrected chi connectivity index (χ2v) is 5.21. The van der Waals surface area contributed by atoms with Crippen LogP contribution >= 0.6 is 22.6 Å². The normalized spacial score (nSPS) is 11.7. The van der Waals surface area contributed by atoms with E-state index in [2.05, 4.69) is 27.9 Å². The topological polar surface area (TPSA) is 55.4 Å². The zero-order valence-corrected chi connectivity index (χ0v) is 12.6. The van der Waals surface area contributed by atoms with Crippen LogP contribution in [-0.4, -0.2) is 24.5 Å². The first-order chi connectivity index (χ1) is 8.52. The molecular weight excluding hydrogens is 345 g/mol. The van der Waals surface area contributed by atoms with Crippen molar-refractivity contribution in [3.05, 3.63) is 33.4 Å². The Balaban J connectivity index is 2.44. The number of rotatable bonds is 5. The maximum absolute atomic E-state index is 11.7. The third kappa shape index (κ3) is 5.03. The Morgan fingerprint density at radius 1 is 1.44 bits per heavy atom. The molecule has 1 atom stereocenters. The van der Waals surface area contributed by atoms with Crippen LogP contribution in [0.3, 0.4) is 0 Å². The molecule has 0 saturated heterocycles. The number of carbonyl (C=O) groups excluding carboxylic acids is 2. The summed E-state index contributed by atoms with van der Waals surface area (Å²) in [6.07, 6.45) is 0.844. The molecule has 0 saturated carbocycles. The van der Waals surface area contributed by atoms with Crippen molar-refractivity contribution in [2.45, 2.75) is 26.3 Å². The van der Waals surface area contributed by atoms with Crippen LogP contribution in [0.15, 0.2) is 24.3 Å². The number of esters is 1. The monoisotopic (exact) mass is 361 g/mol. The van der Waals surface area contributed by atoms with Crippen LogP contribution in [0.4, 0.5) is 0 Å². The summed E-state index contributed by atoms with van der Waals surface area (Å²) in [6, 6.07) is 7.13. The lowest BCUT2D eigenvalue weighted by atomic mass is 10.2. The van der Waals surface area contributed by atoms with Crippen molar-refractivity contribution in [2.24, 2.45) is 0 Å². The summed E-state index contributed by atoms with van der Waals surface area (Å²) in [5.74, 6) is -0.754. The Morgan fingerprint density at radius 2 is 2.17 bits per heavy atom. The Kier molecular flexibility index (Phi) is 6.11. The standard InChI is InChI=1S/C13H16INO3/c1-3-9(2)15-12(16)8-18-13(17)10-5-4-6-11(14)7-10/h4-7,9H,3,8H2,1-2H3,(H,15,16)/t9-/m1/s1. The molecule has 0 aliphatic rings. The van der Waals surface area contributed by atoms with Crippen LogP contribution in [-0.2, 0) is 9.53 Å². The molecule has 0 spiro atoms. The van der Waals surface area contributed by atoms with Gasteiger partial charge in [0, 0.05) is 9.61 Å². The number of amides is 1. The lowest BCUT2D eigenvalue weighted by molar-refractivity contribution is -0.124. The van der Waals surface area contributed by atoms with E-state index in [9.17, 15) is 9.59 Å². The molecular formula is C13H16INO3. The fourth-order valence-corrected chi connectivity index (χ4v) is 1.79. The molecule has 98 valence electrons. The average Bonchev–Trinajstić information content (AvgIpc) is 2.35. The summed E-state index contributed by atoms with van der Waals surface area (Å²) >= 11 is 2.11. The lowest BCUT2D eigenvalue weighted by Gasteiger charge is -2.11. The van der Waals surface area contributed by atoms with Crippen molar-refractivity contribution in [1.29, 1.82) is 0 Å². The highest BCUT2D eigenvalue weighted by Gasteiger charge is 2.11. The highest BCUT2D eigenvalue weighted by Crippen LogP contribution is 2.08. The van der Waals surface area contributed by atoms with E-state index in [4.69, 9.17) is 4.74 Å². The molecule has 1 aromatic carbocycles. The zero-order valence-electron chi connectivity index (χ0n) is 10.4. The van der Waals surface area contributed by atoms with E-state index >= 15 is 0 Å². The van der Waals surface area contributed by atoms with Crippen LogP contribution in [0.1, 0.15) is 30.6 Å². The molecule has 0 radical (unpaired) electrons. The molecule has 0 fully saturated rings. The summed E-state index contributed by atoms with van der Waals surface area (Å²) in [5.41, 5.74) is 0.457. The molecule has 0 aromatic heterocycles. The van der Waals surface area contributed by atoms with Crippen LogP contribution in [0, 0.1) is 3.57 Å². The first-order valence-corrected chi connectivity index (χ1v) is 6.83. The van der Waals surface area contributed by atoms with Crippen molar-refractivity contribution in [3.63, 3.8) is 0 Å². The Bertz CT molecular complexity index is 434. The van der Waals surface area contributed by atoms with Gasteiger partial charge in [-0.05, 0) is 54.1 Å². The predicted molar refractivity (Wildman–Crippen MR) is 77.3 cm³/mol. The molecule has 0 unspecified atom stereocenters. The van der Waals surface area contributed by atoms with E-state index in [1.807, 2.05) is 19.9 Å². The summed E-state index contributed by atoms with van der Waals surface area (Å²) < 4.78 is 5.89. The van der Waals surface area contributed by atoms with E-state index in [1.54, 1.807) is 18.2 Å². The molecule has 0 aliphatic carbocycles. The molecule has 1 amide bonds. The number of benzene rings is 1. The maximum Gasteiger partial charge on any atom is 0.338 e. The number of hydrogen-bond donors (Lipinski definition) is 1. The van der Waals surface area contributed by atoms with Gasteiger partial charge in [0.05, 0.1) is 5.56 Å². The van der Waals surface area contributed by atoms with Gasteiger partial charge in [0.25, 0.3) is 5.91 Å². The number of nitrogens with one attached hydrogen (secondary N) is 1. The number of ether oxygens (including phenoxy) is 1. The first kappa shape index (κ1) is 14.9. The first-order valence-electron chi connectivity index (χ1n) is 5.75.